The number of thioether (sulfide) groups is 1. The number of hydrogen-bond acceptors (Lipinski definition) is 7. The molecule has 1 heterocycles. The zero-order valence-electron chi connectivity index (χ0n) is 15.8. The molecule has 2 aromatic carbocycles. The van der Waals surface area contributed by atoms with Gasteiger partial charge in [-0.05, 0) is 31.2 Å². The summed E-state index contributed by atoms with van der Waals surface area (Å²) in [7, 11) is 3.14. The van der Waals surface area contributed by atoms with Crippen LogP contribution < -0.4 is 20.6 Å². The molecule has 0 fully saturated rings. The van der Waals surface area contributed by atoms with Crippen LogP contribution in [0.4, 0.5) is 5.69 Å². The molecular formula is C19H21N5O3S. The quantitative estimate of drug-likeness (QED) is 0.465. The number of nitrogens with two attached hydrogens (primary N) is 1. The van der Waals surface area contributed by atoms with Gasteiger partial charge < -0.3 is 20.6 Å². The van der Waals surface area contributed by atoms with Gasteiger partial charge >= 0.3 is 0 Å². The Morgan fingerprint density at radius 1 is 1.14 bits per heavy atom. The van der Waals surface area contributed by atoms with E-state index in [0.717, 1.165) is 11.3 Å². The Bertz CT molecular complexity index is 972. The van der Waals surface area contributed by atoms with Crippen molar-refractivity contribution in [3.63, 3.8) is 0 Å². The minimum Gasteiger partial charge on any atom is -0.497 e. The van der Waals surface area contributed by atoms with Crippen molar-refractivity contribution in [1.82, 2.24) is 14.9 Å². The van der Waals surface area contributed by atoms with Gasteiger partial charge in [-0.1, -0.05) is 29.5 Å². The van der Waals surface area contributed by atoms with Crippen molar-refractivity contribution in [2.75, 3.05) is 31.1 Å². The third-order valence-electron chi connectivity index (χ3n) is 3.98. The fraction of sp³-hybridized carbons (Fsp3) is 0.211. The van der Waals surface area contributed by atoms with Crippen molar-refractivity contribution in [3.05, 3.63) is 48.0 Å². The molecule has 9 heteroatoms. The van der Waals surface area contributed by atoms with Gasteiger partial charge in [-0.3, -0.25) is 4.79 Å². The Morgan fingerprint density at radius 2 is 1.89 bits per heavy atom. The number of methoxy groups -OCH3 is 2. The second kappa shape index (κ2) is 8.66. The van der Waals surface area contributed by atoms with Gasteiger partial charge in [0.15, 0.2) is 5.82 Å². The Hall–Kier alpha value is -3.20. The minimum atomic E-state index is -0.152. The molecule has 1 aromatic heterocycles. The van der Waals surface area contributed by atoms with Crippen molar-refractivity contribution in [2.45, 2.75) is 12.1 Å². The molecule has 3 rings (SSSR count). The number of nitrogens with zero attached hydrogens (tertiary/aromatic N) is 3. The first kappa shape index (κ1) is 19.6. The first-order valence-corrected chi connectivity index (χ1v) is 9.42. The molecule has 0 aliphatic heterocycles. The average Bonchev–Trinajstić information content (AvgIpc) is 3.07. The van der Waals surface area contributed by atoms with Crippen LogP contribution in [0.2, 0.25) is 0 Å². The van der Waals surface area contributed by atoms with Crippen LogP contribution in [-0.2, 0) is 4.79 Å². The molecule has 1 amide bonds. The summed E-state index contributed by atoms with van der Waals surface area (Å²) in [5.41, 5.74) is 2.55. The highest BCUT2D eigenvalue weighted by molar-refractivity contribution is 7.99. The molecule has 8 nitrogen and oxygen atoms in total. The van der Waals surface area contributed by atoms with Crippen molar-refractivity contribution < 1.29 is 14.3 Å². The zero-order valence-corrected chi connectivity index (χ0v) is 16.6. The topological polar surface area (TPSA) is 104 Å². The van der Waals surface area contributed by atoms with E-state index < -0.39 is 0 Å². The summed E-state index contributed by atoms with van der Waals surface area (Å²) in [6.07, 6.45) is 0. The maximum absolute atomic E-state index is 12.2. The standard InChI is InChI=1S/C19H21N5O3S/c1-12-4-6-13(7-5-12)21-17(25)11-28-19-23-22-18(24(19)20)15-9-8-14(26-2)10-16(15)27-3/h4-10H,11,20H2,1-3H3,(H,21,25). The summed E-state index contributed by atoms with van der Waals surface area (Å²) in [4.78, 5) is 12.2. The SMILES string of the molecule is COc1ccc(-c2nnc(SCC(=O)Nc3ccc(C)cc3)n2N)c(OC)c1. The highest BCUT2D eigenvalue weighted by Crippen LogP contribution is 2.32. The second-order valence-corrected chi connectivity index (χ2v) is 6.89. The Labute approximate surface area is 167 Å². The van der Waals surface area contributed by atoms with Gasteiger partial charge in [0.25, 0.3) is 0 Å². The van der Waals surface area contributed by atoms with Gasteiger partial charge in [0.2, 0.25) is 11.1 Å². The lowest BCUT2D eigenvalue weighted by atomic mass is 10.2. The predicted molar refractivity (Wildman–Crippen MR) is 109 cm³/mol. The number of nitrogens with one attached hydrogen (secondary N) is 1. The number of aryl methyl sites for hydroxylation is 1. The van der Waals surface area contributed by atoms with Crippen LogP contribution in [0.15, 0.2) is 47.6 Å². The Morgan fingerprint density at radius 3 is 2.57 bits per heavy atom. The maximum atomic E-state index is 12.2. The number of nitrogen functional groups attached to an aromatic ring is 1. The molecule has 0 radical (unpaired) electrons. The number of ether oxygens (including phenoxy) is 2. The second-order valence-electron chi connectivity index (χ2n) is 5.95. The van der Waals surface area contributed by atoms with E-state index >= 15 is 0 Å². The van der Waals surface area contributed by atoms with E-state index in [-0.39, 0.29) is 11.7 Å². The lowest BCUT2D eigenvalue weighted by Gasteiger charge is -2.10. The Kier molecular flexibility index (Phi) is 6.05. The smallest absolute Gasteiger partial charge is 0.234 e. The normalized spacial score (nSPS) is 10.5. The number of rotatable bonds is 7. The highest BCUT2D eigenvalue weighted by atomic mass is 32.2. The van der Waals surface area contributed by atoms with Gasteiger partial charge in [-0.25, -0.2) is 4.68 Å². The summed E-state index contributed by atoms with van der Waals surface area (Å²) in [5, 5.41) is 11.5. The fourth-order valence-electron chi connectivity index (χ4n) is 2.51. The van der Waals surface area contributed by atoms with Gasteiger partial charge in [0.1, 0.15) is 11.5 Å². The van der Waals surface area contributed by atoms with Crippen molar-refractivity contribution in [2.24, 2.45) is 0 Å². The van der Waals surface area contributed by atoms with E-state index in [1.165, 1.54) is 16.4 Å². The number of anilines is 1. The lowest BCUT2D eigenvalue weighted by molar-refractivity contribution is -0.113. The lowest BCUT2D eigenvalue weighted by Crippen LogP contribution is -2.16. The van der Waals surface area contributed by atoms with Crippen molar-refractivity contribution >= 4 is 23.4 Å². The van der Waals surface area contributed by atoms with Crippen LogP contribution >= 0.6 is 11.8 Å². The first-order valence-electron chi connectivity index (χ1n) is 8.44. The molecule has 0 saturated heterocycles. The first-order chi connectivity index (χ1) is 13.5. The monoisotopic (exact) mass is 399 g/mol. The minimum absolute atomic E-state index is 0.152. The van der Waals surface area contributed by atoms with Crippen LogP contribution in [0.25, 0.3) is 11.4 Å². The summed E-state index contributed by atoms with van der Waals surface area (Å²) in [5.74, 6) is 7.79. The molecular weight excluding hydrogens is 378 g/mol. The van der Waals surface area contributed by atoms with Crippen molar-refractivity contribution in [3.8, 4) is 22.9 Å². The molecule has 0 aliphatic carbocycles. The maximum Gasteiger partial charge on any atom is 0.234 e. The van der Waals surface area contributed by atoms with Gasteiger partial charge in [-0.2, -0.15) is 0 Å². The molecule has 0 atom stereocenters. The molecule has 146 valence electrons. The number of carbonyl (C=O) groups is 1. The van der Waals surface area contributed by atoms with Gasteiger partial charge in [-0.15, -0.1) is 10.2 Å². The number of amides is 1. The zero-order chi connectivity index (χ0) is 20.1. The molecule has 0 aliphatic rings. The van der Waals surface area contributed by atoms with E-state index in [9.17, 15) is 4.79 Å². The van der Waals surface area contributed by atoms with E-state index in [2.05, 4.69) is 15.5 Å². The van der Waals surface area contributed by atoms with E-state index in [1.807, 2.05) is 31.2 Å². The molecule has 3 aromatic rings. The third kappa shape index (κ3) is 4.37. The summed E-state index contributed by atoms with van der Waals surface area (Å²) >= 11 is 1.20. The van der Waals surface area contributed by atoms with E-state index in [0.29, 0.717) is 28.0 Å². The van der Waals surface area contributed by atoms with Crippen molar-refractivity contribution in [1.29, 1.82) is 0 Å². The fourth-order valence-corrected chi connectivity index (χ4v) is 3.16. The van der Waals surface area contributed by atoms with E-state index in [1.54, 1.807) is 32.4 Å². The molecule has 0 unspecified atom stereocenters. The van der Waals surface area contributed by atoms with Crippen LogP contribution in [0.1, 0.15) is 5.56 Å². The molecule has 0 bridgehead atoms. The summed E-state index contributed by atoms with van der Waals surface area (Å²) < 4.78 is 11.9. The van der Waals surface area contributed by atoms with Gasteiger partial charge in [0, 0.05) is 11.8 Å². The number of carbonyl (C=O) groups excluding carboxylic acids is 1. The highest BCUT2D eigenvalue weighted by Gasteiger charge is 2.17. The number of hydrogen-bond donors (Lipinski definition) is 2. The van der Waals surface area contributed by atoms with Crippen LogP contribution in [0, 0.1) is 6.92 Å². The number of aromatic nitrogens is 3. The van der Waals surface area contributed by atoms with Crippen LogP contribution in [-0.4, -0.2) is 40.8 Å². The van der Waals surface area contributed by atoms with Gasteiger partial charge in [0.05, 0.1) is 25.5 Å². The molecule has 28 heavy (non-hydrogen) atoms. The molecule has 3 N–H and O–H groups in total. The molecule has 0 saturated carbocycles. The molecule has 0 spiro atoms. The van der Waals surface area contributed by atoms with Crippen LogP contribution in [0.5, 0.6) is 11.5 Å². The number of benzene rings is 2. The van der Waals surface area contributed by atoms with E-state index in [4.69, 9.17) is 15.3 Å². The Balaban J connectivity index is 1.69. The van der Waals surface area contributed by atoms with Crippen LogP contribution in [0.3, 0.4) is 0 Å². The summed E-state index contributed by atoms with van der Waals surface area (Å²) in [6, 6.07) is 12.9. The third-order valence-corrected chi connectivity index (χ3v) is 4.92. The summed E-state index contributed by atoms with van der Waals surface area (Å²) in [6.45, 7) is 1.99. The average molecular weight is 399 g/mol. The predicted octanol–water partition coefficient (Wildman–Crippen LogP) is 2.72. The largest absolute Gasteiger partial charge is 0.497 e.